The van der Waals surface area contributed by atoms with E-state index in [0.717, 1.165) is 17.8 Å². The SMILES string of the molecule is CC(C)NC[C@H]1C[C@H]2C=C[C@H]1C2. The first-order chi connectivity index (χ1) is 5.75. The fraction of sp³-hybridized carbons (Fsp3) is 0.818. The third-order valence-corrected chi connectivity index (χ3v) is 3.20. The summed E-state index contributed by atoms with van der Waals surface area (Å²) in [4.78, 5) is 0. The van der Waals surface area contributed by atoms with E-state index in [1.54, 1.807) is 0 Å². The molecule has 0 aromatic carbocycles. The Morgan fingerprint density at radius 2 is 2.17 bits per heavy atom. The van der Waals surface area contributed by atoms with E-state index in [2.05, 4.69) is 31.3 Å². The van der Waals surface area contributed by atoms with Crippen LogP contribution in [0, 0.1) is 17.8 Å². The van der Waals surface area contributed by atoms with Gasteiger partial charge in [-0.3, -0.25) is 0 Å². The highest BCUT2D eigenvalue weighted by Crippen LogP contribution is 2.42. The summed E-state index contributed by atoms with van der Waals surface area (Å²) in [5.74, 6) is 2.76. The minimum Gasteiger partial charge on any atom is -0.314 e. The Bertz CT molecular complexity index is 183. The van der Waals surface area contributed by atoms with Crippen LogP contribution in [0.25, 0.3) is 0 Å². The molecule has 0 heterocycles. The van der Waals surface area contributed by atoms with E-state index in [1.807, 2.05) is 0 Å². The number of hydrogen-bond donors (Lipinski definition) is 1. The van der Waals surface area contributed by atoms with Crippen molar-refractivity contribution in [3.8, 4) is 0 Å². The molecule has 0 saturated heterocycles. The van der Waals surface area contributed by atoms with Gasteiger partial charge in [0.1, 0.15) is 0 Å². The topological polar surface area (TPSA) is 12.0 Å². The second-order valence-corrected chi connectivity index (χ2v) is 4.60. The van der Waals surface area contributed by atoms with Gasteiger partial charge in [0, 0.05) is 6.04 Å². The van der Waals surface area contributed by atoms with Crippen LogP contribution >= 0.6 is 0 Å². The Balaban J connectivity index is 1.80. The standard InChI is InChI=1S/C11H19N/c1-8(2)12-7-11-6-9-3-4-10(11)5-9/h3-4,8-12H,5-7H2,1-2H3/t9-,10-,11+/m0/s1. The van der Waals surface area contributed by atoms with Gasteiger partial charge in [-0.1, -0.05) is 26.0 Å². The average Bonchev–Trinajstić information content (AvgIpc) is 2.60. The van der Waals surface area contributed by atoms with Gasteiger partial charge in [-0.2, -0.15) is 0 Å². The van der Waals surface area contributed by atoms with E-state index in [0.29, 0.717) is 6.04 Å². The van der Waals surface area contributed by atoms with Crippen molar-refractivity contribution >= 4 is 0 Å². The van der Waals surface area contributed by atoms with Gasteiger partial charge in [-0.05, 0) is 37.1 Å². The minimum atomic E-state index is 0.646. The van der Waals surface area contributed by atoms with E-state index in [4.69, 9.17) is 0 Å². The Hall–Kier alpha value is -0.300. The van der Waals surface area contributed by atoms with Crippen molar-refractivity contribution in [1.29, 1.82) is 0 Å². The molecule has 1 heteroatoms. The Labute approximate surface area is 75.2 Å². The largest absolute Gasteiger partial charge is 0.314 e. The summed E-state index contributed by atoms with van der Waals surface area (Å²) in [5, 5.41) is 3.54. The maximum Gasteiger partial charge on any atom is 0.00104 e. The highest BCUT2D eigenvalue weighted by molar-refractivity contribution is 5.10. The molecule has 68 valence electrons. The predicted molar refractivity (Wildman–Crippen MR) is 52.0 cm³/mol. The highest BCUT2D eigenvalue weighted by Gasteiger charge is 2.34. The molecule has 2 aliphatic carbocycles. The van der Waals surface area contributed by atoms with Crippen LogP contribution in [0.5, 0.6) is 0 Å². The molecule has 0 aliphatic heterocycles. The summed E-state index contributed by atoms with van der Waals surface area (Å²) >= 11 is 0. The summed E-state index contributed by atoms with van der Waals surface area (Å²) < 4.78 is 0. The van der Waals surface area contributed by atoms with E-state index >= 15 is 0 Å². The molecule has 2 bridgehead atoms. The van der Waals surface area contributed by atoms with Crippen LogP contribution in [0.4, 0.5) is 0 Å². The third kappa shape index (κ3) is 1.56. The molecule has 2 rings (SSSR count). The number of allylic oxidation sites excluding steroid dienone is 2. The molecule has 0 aromatic heterocycles. The van der Waals surface area contributed by atoms with Gasteiger partial charge >= 0.3 is 0 Å². The average molecular weight is 165 g/mol. The second kappa shape index (κ2) is 3.21. The van der Waals surface area contributed by atoms with Crippen LogP contribution in [0.2, 0.25) is 0 Å². The van der Waals surface area contributed by atoms with Crippen LogP contribution in [-0.2, 0) is 0 Å². The zero-order chi connectivity index (χ0) is 8.55. The lowest BCUT2D eigenvalue weighted by Crippen LogP contribution is -2.30. The predicted octanol–water partition coefficient (Wildman–Crippen LogP) is 2.20. The van der Waals surface area contributed by atoms with Crippen molar-refractivity contribution in [2.24, 2.45) is 17.8 Å². The van der Waals surface area contributed by atoms with Crippen LogP contribution in [0.15, 0.2) is 12.2 Å². The molecule has 1 fully saturated rings. The van der Waals surface area contributed by atoms with Gasteiger partial charge in [0.15, 0.2) is 0 Å². The lowest BCUT2D eigenvalue weighted by molar-refractivity contribution is 0.397. The monoisotopic (exact) mass is 165 g/mol. The lowest BCUT2D eigenvalue weighted by Gasteiger charge is -2.19. The molecule has 0 aromatic rings. The summed E-state index contributed by atoms with van der Waals surface area (Å²) in [6.07, 6.45) is 7.71. The van der Waals surface area contributed by atoms with Crippen molar-refractivity contribution in [2.45, 2.75) is 32.7 Å². The molecule has 0 amide bonds. The summed E-state index contributed by atoms with van der Waals surface area (Å²) in [7, 11) is 0. The molecule has 0 spiro atoms. The smallest absolute Gasteiger partial charge is 0.00104 e. The fourth-order valence-electron chi connectivity index (χ4n) is 2.52. The van der Waals surface area contributed by atoms with Gasteiger partial charge in [0.2, 0.25) is 0 Å². The fourth-order valence-corrected chi connectivity index (χ4v) is 2.52. The number of rotatable bonds is 3. The third-order valence-electron chi connectivity index (χ3n) is 3.20. The quantitative estimate of drug-likeness (QED) is 0.632. The van der Waals surface area contributed by atoms with Crippen molar-refractivity contribution in [2.75, 3.05) is 6.54 Å². The normalized spacial score (nSPS) is 38.4. The van der Waals surface area contributed by atoms with Gasteiger partial charge in [-0.15, -0.1) is 0 Å². The van der Waals surface area contributed by atoms with Crippen LogP contribution < -0.4 is 5.32 Å². The maximum absolute atomic E-state index is 3.54. The van der Waals surface area contributed by atoms with Gasteiger partial charge in [-0.25, -0.2) is 0 Å². The Kier molecular flexibility index (Phi) is 2.22. The van der Waals surface area contributed by atoms with Gasteiger partial charge in [0.25, 0.3) is 0 Å². The molecular weight excluding hydrogens is 146 g/mol. The first-order valence-electron chi connectivity index (χ1n) is 5.17. The lowest BCUT2D eigenvalue weighted by atomic mass is 9.93. The van der Waals surface area contributed by atoms with Crippen LogP contribution in [0.1, 0.15) is 26.7 Å². The molecule has 2 aliphatic rings. The zero-order valence-corrected chi connectivity index (χ0v) is 8.09. The van der Waals surface area contributed by atoms with E-state index < -0.39 is 0 Å². The molecule has 12 heavy (non-hydrogen) atoms. The first-order valence-corrected chi connectivity index (χ1v) is 5.17. The molecule has 0 radical (unpaired) electrons. The molecule has 1 N–H and O–H groups in total. The second-order valence-electron chi connectivity index (χ2n) is 4.60. The van der Waals surface area contributed by atoms with Crippen molar-refractivity contribution in [3.63, 3.8) is 0 Å². The Morgan fingerprint density at radius 1 is 1.33 bits per heavy atom. The van der Waals surface area contributed by atoms with Crippen molar-refractivity contribution < 1.29 is 0 Å². The number of fused-ring (bicyclic) bond motifs is 2. The molecule has 1 nitrogen and oxygen atoms in total. The molecule has 0 unspecified atom stereocenters. The van der Waals surface area contributed by atoms with Crippen molar-refractivity contribution in [1.82, 2.24) is 5.32 Å². The number of hydrogen-bond acceptors (Lipinski definition) is 1. The first kappa shape index (κ1) is 8.31. The summed E-state index contributed by atoms with van der Waals surface area (Å²) in [6.45, 7) is 5.68. The van der Waals surface area contributed by atoms with E-state index in [-0.39, 0.29) is 0 Å². The van der Waals surface area contributed by atoms with Crippen molar-refractivity contribution in [3.05, 3.63) is 12.2 Å². The maximum atomic E-state index is 3.54. The van der Waals surface area contributed by atoms with Gasteiger partial charge in [0.05, 0.1) is 0 Å². The molecular formula is C11H19N. The summed E-state index contributed by atoms with van der Waals surface area (Å²) in [5.41, 5.74) is 0. The highest BCUT2D eigenvalue weighted by atomic mass is 14.9. The van der Waals surface area contributed by atoms with E-state index in [1.165, 1.54) is 19.4 Å². The molecule has 3 atom stereocenters. The summed E-state index contributed by atoms with van der Waals surface area (Å²) in [6, 6.07) is 0.646. The van der Waals surface area contributed by atoms with E-state index in [9.17, 15) is 0 Å². The zero-order valence-electron chi connectivity index (χ0n) is 8.09. The minimum absolute atomic E-state index is 0.646. The number of nitrogens with one attached hydrogen (secondary N) is 1. The molecule has 1 saturated carbocycles. The van der Waals surface area contributed by atoms with Gasteiger partial charge < -0.3 is 5.32 Å². The van der Waals surface area contributed by atoms with Crippen LogP contribution in [0.3, 0.4) is 0 Å². The van der Waals surface area contributed by atoms with Crippen LogP contribution in [-0.4, -0.2) is 12.6 Å². The Morgan fingerprint density at radius 3 is 2.67 bits per heavy atom.